The van der Waals surface area contributed by atoms with Crippen molar-refractivity contribution in [3.05, 3.63) is 21.9 Å². The Kier molecular flexibility index (Phi) is 3.31. The average Bonchev–Trinajstić information content (AvgIpc) is 2.81. The third kappa shape index (κ3) is 2.08. The summed E-state index contributed by atoms with van der Waals surface area (Å²) in [5, 5.41) is 12.9. The van der Waals surface area contributed by atoms with Crippen LogP contribution in [0.3, 0.4) is 0 Å². The summed E-state index contributed by atoms with van der Waals surface area (Å²) < 4.78 is 26.1. The zero-order valence-corrected chi connectivity index (χ0v) is 10.5. The molecule has 2 aromatic heterocycles. The molecule has 1 N–H and O–H groups in total. The molecule has 18 heavy (non-hydrogen) atoms. The average molecular weight is 294 g/mol. The molecule has 2 rings (SSSR count). The van der Waals surface area contributed by atoms with Crippen LogP contribution in [0.1, 0.15) is 22.6 Å². The number of aromatic carboxylic acids is 1. The fourth-order valence-electron chi connectivity index (χ4n) is 1.41. The predicted molar refractivity (Wildman–Crippen MR) is 61.2 cm³/mol. The van der Waals surface area contributed by atoms with Gasteiger partial charge in [-0.3, -0.25) is 4.68 Å². The van der Waals surface area contributed by atoms with Crippen LogP contribution in [0.25, 0.3) is 10.6 Å². The Balaban J connectivity index is 2.56. The van der Waals surface area contributed by atoms with E-state index in [1.807, 2.05) is 0 Å². The SMILES string of the molecule is Cn1ncc(-c2nc(C(F)F)c(Cl)s2)c1C(=O)O. The fraction of sp³-hybridized carbons (Fsp3) is 0.222. The maximum Gasteiger partial charge on any atom is 0.354 e. The second-order valence-electron chi connectivity index (χ2n) is 3.31. The third-order valence-corrected chi connectivity index (χ3v) is 3.51. The smallest absolute Gasteiger partial charge is 0.354 e. The number of alkyl halides is 2. The lowest BCUT2D eigenvalue weighted by molar-refractivity contribution is 0.0686. The maximum absolute atomic E-state index is 12.5. The second kappa shape index (κ2) is 4.62. The van der Waals surface area contributed by atoms with Crippen molar-refractivity contribution in [2.75, 3.05) is 0 Å². The Morgan fingerprint density at radius 3 is 2.78 bits per heavy atom. The first-order chi connectivity index (χ1) is 8.41. The van der Waals surface area contributed by atoms with Crippen molar-refractivity contribution in [3.63, 3.8) is 0 Å². The normalized spacial score (nSPS) is 11.2. The van der Waals surface area contributed by atoms with Gasteiger partial charge in [0.25, 0.3) is 6.43 Å². The summed E-state index contributed by atoms with van der Waals surface area (Å²) in [7, 11) is 1.44. The number of nitrogens with zero attached hydrogens (tertiary/aromatic N) is 3. The molecular formula is C9H6ClF2N3O2S. The van der Waals surface area contributed by atoms with Gasteiger partial charge in [-0.25, -0.2) is 18.6 Å². The Bertz CT molecular complexity index is 611. The monoisotopic (exact) mass is 293 g/mol. The van der Waals surface area contributed by atoms with Gasteiger partial charge in [0, 0.05) is 7.05 Å². The zero-order chi connectivity index (χ0) is 13.4. The van der Waals surface area contributed by atoms with Crippen molar-refractivity contribution in [3.8, 4) is 10.6 Å². The van der Waals surface area contributed by atoms with Crippen molar-refractivity contribution >= 4 is 28.9 Å². The summed E-state index contributed by atoms with van der Waals surface area (Å²) in [5.74, 6) is -1.21. The van der Waals surface area contributed by atoms with Gasteiger partial charge >= 0.3 is 5.97 Å². The van der Waals surface area contributed by atoms with E-state index in [2.05, 4.69) is 10.1 Å². The van der Waals surface area contributed by atoms with Crippen molar-refractivity contribution in [1.29, 1.82) is 0 Å². The van der Waals surface area contributed by atoms with E-state index in [9.17, 15) is 13.6 Å². The van der Waals surface area contributed by atoms with Crippen LogP contribution in [0.15, 0.2) is 6.20 Å². The number of hydrogen-bond acceptors (Lipinski definition) is 4. The predicted octanol–water partition coefficient (Wildman–Crippen LogP) is 2.83. The summed E-state index contributed by atoms with van der Waals surface area (Å²) >= 11 is 6.43. The molecule has 9 heteroatoms. The zero-order valence-electron chi connectivity index (χ0n) is 8.89. The van der Waals surface area contributed by atoms with Crippen LogP contribution in [0.5, 0.6) is 0 Å². The Morgan fingerprint density at radius 2 is 2.28 bits per heavy atom. The number of carbonyl (C=O) groups is 1. The van der Waals surface area contributed by atoms with E-state index in [1.165, 1.54) is 13.2 Å². The molecule has 0 aliphatic carbocycles. The number of aryl methyl sites for hydroxylation is 1. The minimum Gasteiger partial charge on any atom is -0.477 e. The van der Waals surface area contributed by atoms with E-state index in [0.717, 1.165) is 16.0 Å². The molecule has 0 aromatic carbocycles. The number of carboxylic acids is 1. The number of halogens is 3. The van der Waals surface area contributed by atoms with Crippen LogP contribution in [0.2, 0.25) is 4.34 Å². The van der Waals surface area contributed by atoms with E-state index in [4.69, 9.17) is 16.7 Å². The van der Waals surface area contributed by atoms with Crippen LogP contribution >= 0.6 is 22.9 Å². The van der Waals surface area contributed by atoms with Crippen LogP contribution in [0, 0.1) is 0 Å². The highest BCUT2D eigenvalue weighted by Gasteiger charge is 2.24. The second-order valence-corrected chi connectivity index (χ2v) is 4.92. The highest BCUT2D eigenvalue weighted by molar-refractivity contribution is 7.19. The molecule has 2 aromatic rings. The van der Waals surface area contributed by atoms with Crippen LogP contribution < -0.4 is 0 Å². The lowest BCUT2D eigenvalue weighted by atomic mass is 10.2. The molecule has 0 unspecified atom stereocenters. The number of thiazole rings is 1. The molecule has 0 radical (unpaired) electrons. The molecule has 0 bridgehead atoms. The van der Waals surface area contributed by atoms with Gasteiger partial charge in [0.05, 0.1) is 11.8 Å². The first-order valence-electron chi connectivity index (χ1n) is 4.61. The van der Waals surface area contributed by atoms with Gasteiger partial charge in [0.2, 0.25) is 0 Å². The van der Waals surface area contributed by atoms with Gasteiger partial charge in [-0.05, 0) is 0 Å². The van der Waals surface area contributed by atoms with Gasteiger partial charge < -0.3 is 5.11 Å². The largest absolute Gasteiger partial charge is 0.477 e. The molecule has 0 saturated heterocycles. The van der Waals surface area contributed by atoms with E-state index in [0.29, 0.717) is 0 Å². The molecule has 0 aliphatic heterocycles. The van der Waals surface area contributed by atoms with Gasteiger partial charge in [-0.15, -0.1) is 11.3 Å². The lowest BCUT2D eigenvalue weighted by Gasteiger charge is -1.97. The first kappa shape index (κ1) is 12.9. The molecule has 0 fully saturated rings. The molecule has 0 atom stereocenters. The van der Waals surface area contributed by atoms with Crippen LogP contribution in [-0.4, -0.2) is 25.8 Å². The highest BCUT2D eigenvalue weighted by Crippen LogP contribution is 2.37. The fourth-order valence-corrected chi connectivity index (χ4v) is 2.57. The van der Waals surface area contributed by atoms with Crippen molar-refractivity contribution < 1.29 is 18.7 Å². The molecule has 96 valence electrons. The topological polar surface area (TPSA) is 68.0 Å². The van der Waals surface area contributed by atoms with Crippen LogP contribution in [-0.2, 0) is 7.05 Å². The quantitative estimate of drug-likeness (QED) is 0.945. The summed E-state index contributed by atoms with van der Waals surface area (Å²) in [6.45, 7) is 0. The van der Waals surface area contributed by atoms with E-state index in [1.54, 1.807) is 0 Å². The summed E-state index contributed by atoms with van der Waals surface area (Å²) in [6, 6.07) is 0. The number of carboxylic acid groups (broad SMARTS) is 1. The number of rotatable bonds is 3. The third-order valence-electron chi connectivity index (χ3n) is 2.19. The highest BCUT2D eigenvalue weighted by atomic mass is 35.5. The Labute approximate surface area is 109 Å². The number of aromatic nitrogens is 3. The van der Waals surface area contributed by atoms with E-state index < -0.39 is 18.1 Å². The van der Waals surface area contributed by atoms with Crippen molar-refractivity contribution in [2.45, 2.75) is 6.43 Å². The maximum atomic E-state index is 12.5. The molecule has 0 saturated carbocycles. The Hall–Kier alpha value is -1.54. The van der Waals surface area contributed by atoms with Gasteiger partial charge in [0.1, 0.15) is 15.0 Å². The lowest BCUT2D eigenvalue weighted by Crippen LogP contribution is -2.06. The van der Waals surface area contributed by atoms with E-state index in [-0.39, 0.29) is 20.6 Å². The first-order valence-corrected chi connectivity index (χ1v) is 5.81. The van der Waals surface area contributed by atoms with Crippen molar-refractivity contribution in [2.24, 2.45) is 7.05 Å². The molecule has 2 heterocycles. The minimum atomic E-state index is -2.80. The van der Waals surface area contributed by atoms with Gasteiger partial charge in [0.15, 0.2) is 5.69 Å². The molecular weight excluding hydrogens is 288 g/mol. The van der Waals surface area contributed by atoms with Crippen LogP contribution in [0.4, 0.5) is 8.78 Å². The number of hydrogen-bond donors (Lipinski definition) is 1. The van der Waals surface area contributed by atoms with Crippen molar-refractivity contribution in [1.82, 2.24) is 14.8 Å². The van der Waals surface area contributed by atoms with Gasteiger partial charge in [-0.1, -0.05) is 11.6 Å². The molecule has 0 amide bonds. The summed E-state index contributed by atoms with van der Waals surface area (Å²) in [5.41, 5.74) is -0.498. The van der Waals surface area contributed by atoms with E-state index >= 15 is 0 Å². The summed E-state index contributed by atoms with van der Waals surface area (Å²) in [6.07, 6.45) is -1.54. The summed E-state index contributed by atoms with van der Waals surface area (Å²) in [4.78, 5) is 14.7. The molecule has 5 nitrogen and oxygen atoms in total. The molecule has 0 aliphatic rings. The minimum absolute atomic E-state index is 0.112. The standard InChI is InChI=1S/C9H6ClF2N3O2S/c1-15-5(9(16)17)3(2-13-15)8-14-4(7(11)12)6(10)18-8/h2,7H,1H3,(H,16,17). The molecule has 0 spiro atoms. The Morgan fingerprint density at radius 1 is 1.61 bits per heavy atom. The van der Waals surface area contributed by atoms with Gasteiger partial charge in [-0.2, -0.15) is 5.10 Å².